The number of rotatable bonds is 18. The summed E-state index contributed by atoms with van der Waals surface area (Å²) in [6, 6.07) is 6.57. The number of nitrogens with zero attached hydrogens (tertiary/aromatic N) is 1. The molecule has 1 aromatic carbocycles. The molecule has 4 unspecified atom stereocenters. The molecule has 1 saturated carbocycles. The van der Waals surface area contributed by atoms with E-state index in [1.807, 2.05) is 6.20 Å². The van der Waals surface area contributed by atoms with Crippen LogP contribution in [0, 0.1) is 31.6 Å². The van der Waals surface area contributed by atoms with E-state index in [9.17, 15) is 14.7 Å². The van der Waals surface area contributed by atoms with E-state index in [4.69, 9.17) is 4.74 Å². The first kappa shape index (κ1) is 39.2. The van der Waals surface area contributed by atoms with E-state index in [1.165, 1.54) is 16.7 Å². The van der Waals surface area contributed by atoms with Gasteiger partial charge in [0.25, 0.3) is 0 Å². The molecule has 1 aliphatic rings. The standard InChI is InChI=1S/C42H62N2O4/c1-11-31(17-19-39(47)44-34-18-16-32(25-34)30(9)37(45)12-2)41(36-24-28(7)23-29(8)40(36)27(5)6)38(46)15-13-14-35-33(22-26(3)4)20-21-43-42(35)48-10/h12,20-21,23-24,26-27,30,32,34,37,45H,2,11,13-19,22,25H2,1,3-10H3,(H,44,47)/b41-31+. The maximum Gasteiger partial charge on any atom is 0.220 e. The van der Waals surface area contributed by atoms with E-state index in [0.717, 1.165) is 59.9 Å². The minimum Gasteiger partial charge on any atom is -0.481 e. The lowest BCUT2D eigenvalue weighted by Crippen LogP contribution is -2.33. The van der Waals surface area contributed by atoms with E-state index >= 15 is 0 Å². The number of hydrogen-bond donors (Lipinski definition) is 2. The number of carbonyl (C=O) groups excluding carboxylic acids is 2. The van der Waals surface area contributed by atoms with Gasteiger partial charge in [-0.05, 0) is 117 Å². The number of allylic oxidation sites excluding steroid dienone is 2. The number of benzene rings is 1. The highest BCUT2D eigenvalue weighted by atomic mass is 16.5. The van der Waals surface area contributed by atoms with E-state index in [1.54, 1.807) is 13.2 Å². The van der Waals surface area contributed by atoms with Crippen LogP contribution in [0.4, 0.5) is 0 Å². The van der Waals surface area contributed by atoms with Gasteiger partial charge in [-0.25, -0.2) is 4.98 Å². The predicted octanol–water partition coefficient (Wildman–Crippen LogP) is 9.03. The fourth-order valence-electron chi connectivity index (χ4n) is 7.79. The van der Waals surface area contributed by atoms with Crippen molar-refractivity contribution in [2.24, 2.45) is 17.8 Å². The van der Waals surface area contributed by atoms with E-state index in [0.29, 0.717) is 49.8 Å². The summed E-state index contributed by atoms with van der Waals surface area (Å²) in [5, 5.41) is 13.5. The Hall–Kier alpha value is -3.25. The van der Waals surface area contributed by atoms with Crippen LogP contribution in [0.25, 0.3) is 5.57 Å². The number of aryl methyl sites for hydroxylation is 2. The van der Waals surface area contributed by atoms with Crippen LogP contribution in [0.3, 0.4) is 0 Å². The molecule has 2 N–H and O–H groups in total. The third-order valence-electron chi connectivity index (χ3n) is 10.2. The average Bonchev–Trinajstić information content (AvgIpc) is 3.49. The summed E-state index contributed by atoms with van der Waals surface area (Å²) in [4.78, 5) is 32.2. The van der Waals surface area contributed by atoms with Crippen molar-refractivity contribution in [3.8, 4) is 5.88 Å². The number of aromatic nitrogens is 1. The second kappa shape index (κ2) is 18.5. The molecule has 6 nitrogen and oxygen atoms in total. The van der Waals surface area contributed by atoms with Crippen molar-refractivity contribution in [3.63, 3.8) is 0 Å². The van der Waals surface area contributed by atoms with Crippen LogP contribution in [-0.4, -0.2) is 41.0 Å². The molecule has 264 valence electrons. The first-order valence-corrected chi connectivity index (χ1v) is 18.3. The summed E-state index contributed by atoms with van der Waals surface area (Å²) in [6.45, 7) is 20.9. The van der Waals surface area contributed by atoms with Gasteiger partial charge in [-0.2, -0.15) is 0 Å². The molecule has 1 heterocycles. The highest BCUT2D eigenvalue weighted by Crippen LogP contribution is 2.37. The molecule has 0 bridgehead atoms. The molecule has 48 heavy (non-hydrogen) atoms. The van der Waals surface area contributed by atoms with Crippen molar-refractivity contribution in [3.05, 3.63) is 76.0 Å². The molecule has 2 aromatic rings. The average molecular weight is 659 g/mol. The van der Waals surface area contributed by atoms with Crippen LogP contribution < -0.4 is 10.1 Å². The zero-order valence-corrected chi connectivity index (χ0v) is 31.2. The number of ether oxygens (including phenoxy) is 1. The van der Waals surface area contributed by atoms with E-state index in [-0.39, 0.29) is 29.6 Å². The number of pyridine rings is 1. The number of aliphatic hydroxyl groups excluding tert-OH is 1. The lowest BCUT2D eigenvalue weighted by molar-refractivity contribution is -0.121. The lowest BCUT2D eigenvalue weighted by atomic mass is 9.82. The Morgan fingerprint density at radius 2 is 1.83 bits per heavy atom. The Morgan fingerprint density at radius 1 is 1.10 bits per heavy atom. The topological polar surface area (TPSA) is 88.5 Å². The van der Waals surface area contributed by atoms with Gasteiger partial charge >= 0.3 is 0 Å². The summed E-state index contributed by atoms with van der Waals surface area (Å²) in [5.41, 5.74) is 8.74. The Morgan fingerprint density at radius 3 is 2.46 bits per heavy atom. The van der Waals surface area contributed by atoms with Crippen molar-refractivity contribution < 1.29 is 19.4 Å². The highest BCUT2D eigenvalue weighted by Gasteiger charge is 2.32. The Kier molecular flexibility index (Phi) is 15.1. The van der Waals surface area contributed by atoms with Crippen LogP contribution in [0.2, 0.25) is 0 Å². The van der Waals surface area contributed by atoms with Gasteiger partial charge in [0, 0.05) is 36.2 Å². The normalized spacial score (nSPS) is 18.1. The number of ketones is 1. The van der Waals surface area contributed by atoms with Crippen LogP contribution >= 0.6 is 0 Å². The third kappa shape index (κ3) is 10.4. The van der Waals surface area contributed by atoms with Crippen molar-refractivity contribution in [1.29, 1.82) is 0 Å². The largest absolute Gasteiger partial charge is 0.481 e. The zero-order chi connectivity index (χ0) is 35.5. The fraction of sp³-hybridized carbons (Fsp3) is 0.595. The van der Waals surface area contributed by atoms with Crippen LogP contribution in [0.1, 0.15) is 132 Å². The number of amides is 1. The SMILES string of the molecule is C=CC(O)C(C)C1CCC(NC(=O)CC/C(CC)=C(/C(=O)CCCc2c(CC(C)C)ccnc2OC)c2cc(C)cc(C)c2C(C)C)C1. The smallest absolute Gasteiger partial charge is 0.220 e. The number of hydrogen-bond acceptors (Lipinski definition) is 5. The molecule has 0 radical (unpaired) electrons. The van der Waals surface area contributed by atoms with Gasteiger partial charge in [0.1, 0.15) is 0 Å². The Bertz CT molecular complexity index is 1440. The molecular weight excluding hydrogens is 596 g/mol. The molecule has 1 aliphatic carbocycles. The first-order valence-electron chi connectivity index (χ1n) is 18.3. The highest BCUT2D eigenvalue weighted by molar-refractivity contribution is 6.22. The quantitative estimate of drug-likeness (QED) is 0.123. The first-order chi connectivity index (χ1) is 22.8. The van der Waals surface area contributed by atoms with E-state index in [2.05, 4.69) is 90.5 Å². The van der Waals surface area contributed by atoms with Gasteiger partial charge in [-0.15, -0.1) is 6.58 Å². The second-order valence-corrected chi connectivity index (χ2v) is 14.8. The van der Waals surface area contributed by atoms with Gasteiger partial charge < -0.3 is 15.2 Å². The van der Waals surface area contributed by atoms with Crippen molar-refractivity contribution in [2.45, 2.75) is 138 Å². The van der Waals surface area contributed by atoms with Crippen LogP contribution in [0.15, 0.2) is 42.6 Å². The van der Waals surface area contributed by atoms with Gasteiger partial charge in [0.15, 0.2) is 5.78 Å². The Labute approximate surface area is 290 Å². The molecule has 0 spiro atoms. The number of carbonyl (C=O) groups is 2. The predicted molar refractivity (Wildman–Crippen MR) is 198 cm³/mol. The molecule has 4 atom stereocenters. The summed E-state index contributed by atoms with van der Waals surface area (Å²) in [7, 11) is 1.66. The number of aliphatic hydroxyl groups is 1. The molecular formula is C42H62N2O4. The van der Waals surface area contributed by atoms with Crippen LogP contribution in [-0.2, 0) is 22.4 Å². The monoisotopic (exact) mass is 658 g/mol. The summed E-state index contributed by atoms with van der Waals surface area (Å²) < 4.78 is 5.64. The molecule has 3 rings (SSSR count). The lowest BCUT2D eigenvalue weighted by Gasteiger charge is -2.23. The summed E-state index contributed by atoms with van der Waals surface area (Å²) in [5.74, 6) is 2.06. The molecule has 6 heteroatoms. The van der Waals surface area contributed by atoms with E-state index < -0.39 is 6.10 Å². The maximum absolute atomic E-state index is 14.4. The number of nitrogens with one attached hydrogen (secondary N) is 1. The minimum absolute atomic E-state index is 0.0289. The molecule has 1 amide bonds. The number of Topliss-reactive ketones (excluding diaryl/α,β-unsaturated/α-hetero) is 1. The van der Waals surface area contributed by atoms with Crippen molar-refractivity contribution in [2.75, 3.05) is 7.11 Å². The molecule has 1 aromatic heterocycles. The maximum atomic E-state index is 14.4. The third-order valence-corrected chi connectivity index (χ3v) is 10.2. The van der Waals surface area contributed by atoms with Gasteiger partial charge in [0.05, 0.1) is 13.2 Å². The Balaban J connectivity index is 1.87. The summed E-state index contributed by atoms with van der Waals surface area (Å²) in [6.07, 6.45) is 10.0. The van der Waals surface area contributed by atoms with Gasteiger partial charge in [0.2, 0.25) is 11.8 Å². The summed E-state index contributed by atoms with van der Waals surface area (Å²) >= 11 is 0. The zero-order valence-electron chi connectivity index (χ0n) is 31.2. The second-order valence-electron chi connectivity index (χ2n) is 14.8. The number of methoxy groups -OCH3 is 1. The minimum atomic E-state index is -0.521. The molecule has 0 saturated heterocycles. The van der Waals surface area contributed by atoms with Crippen LogP contribution in [0.5, 0.6) is 5.88 Å². The van der Waals surface area contributed by atoms with Crippen molar-refractivity contribution >= 4 is 17.3 Å². The fourth-order valence-corrected chi connectivity index (χ4v) is 7.79. The van der Waals surface area contributed by atoms with Gasteiger partial charge in [-0.3, -0.25) is 9.59 Å². The molecule has 1 fully saturated rings. The van der Waals surface area contributed by atoms with Gasteiger partial charge in [-0.1, -0.05) is 70.9 Å². The van der Waals surface area contributed by atoms with Crippen molar-refractivity contribution in [1.82, 2.24) is 10.3 Å². The molecule has 0 aliphatic heterocycles.